The van der Waals surface area contributed by atoms with E-state index in [-0.39, 0.29) is 56.4 Å². The minimum atomic E-state index is -1.21. The lowest BCUT2D eigenvalue weighted by atomic mass is 9.95. The minimum absolute atomic E-state index is 0.0382. The number of carboxylic acids is 1. The Bertz CT molecular complexity index is 1110. The third kappa shape index (κ3) is 5.77. The molecule has 1 fully saturated rings. The second kappa shape index (κ2) is 11.5. The number of carbonyl (C=O) groups excluding carboxylic acids is 3. The van der Waals surface area contributed by atoms with Gasteiger partial charge in [-0.05, 0) is 19.1 Å². The summed E-state index contributed by atoms with van der Waals surface area (Å²) in [6.07, 6.45) is -0.460. The number of ether oxygens (including phenoxy) is 3. The number of aliphatic carboxylic acids is 1. The highest BCUT2D eigenvalue weighted by molar-refractivity contribution is 6.04. The van der Waals surface area contributed by atoms with Gasteiger partial charge in [-0.1, -0.05) is 12.1 Å². The first-order valence-electron chi connectivity index (χ1n) is 11.0. The summed E-state index contributed by atoms with van der Waals surface area (Å²) < 4.78 is 15.8. The van der Waals surface area contributed by atoms with E-state index in [0.29, 0.717) is 10.9 Å². The fraction of sp³-hybridized carbons (Fsp3) is 0.435. The number of nitrogens with two attached hydrogens (primary N) is 1. The van der Waals surface area contributed by atoms with Gasteiger partial charge in [0.2, 0.25) is 5.91 Å². The van der Waals surface area contributed by atoms with E-state index >= 15 is 0 Å². The van der Waals surface area contributed by atoms with Crippen molar-refractivity contribution in [2.75, 3.05) is 53.1 Å². The molecule has 12 nitrogen and oxygen atoms in total. The predicted octanol–water partition coefficient (Wildman–Crippen LogP) is 0.828. The molecule has 2 aromatic rings. The van der Waals surface area contributed by atoms with Crippen molar-refractivity contribution in [1.82, 2.24) is 14.8 Å². The number of amides is 3. The van der Waals surface area contributed by atoms with Crippen LogP contribution >= 0.6 is 0 Å². The molecule has 1 aliphatic rings. The Morgan fingerprint density at radius 3 is 2.37 bits per heavy atom. The van der Waals surface area contributed by atoms with Crippen molar-refractivity contribution in [1.29, 1.82) is 0 Å². The van der Waals surface area contributed by atoms with Crippen molar-refractivity contribution in [3.63, 3.8) is 0 Å². The third-order valence-corrected chi connectivity index (χ3v) is 5.58. The van der Waals surface area contributed by atoms with Crippen LogP contribution in [0, 0.1) is 0 Å². The number of benzene rings is 1. The molecule has 0 aliphatic carbocycles. The molecule has 1 saturated heterocycles. The molecular weight excluding hydrogens is 460 g/mol. The number of hydrogen-bond acceptors (Lipinski definition) is 8. The fourth-order valence-corrected chi connectivity index (χ4v) is 3.98. The lowest BCUT2D eigenvalue weighted by Gasteiger charge is -2.36. The monoisotopic (exact) mass is 488 g/mol. The molecule has 3 rings (SSSR count). The minimum Gasteiger partial charge on any atom is -0.495 e. The number of fused-ring (bicyclic) bond motifs is 1. The quantitative estimate of drug-likeness (QED) is 0.521. The number of rotatable bonds is 9. The van der Waals surface area contributed by atoms with Crippen LogP contribution in [-0.2, 0) is 19.1 Å². The zero-order valence-corrected chi connectivity index (χ0v) is 19.6. The number of hydrogen-bond donors (Lipinski definition) is 2. The smallest absolute Gasteiger partial charge is 0.409 e. The number of aromatic nitrogens is 1. The first-order chi connectivity index (χ1) is 16.8. The molecule has 3 N–H and O–H groups in total. The van der Waals surface area contributed by atoms with E-state index in [1.54, 1.807) is 31.2 Å². The van der Waals surface area contributed by atoms with Crippen molar-refractivity contribution in [3.05, 3.63) is 35.5 Å². The van der Waals surface area contributed by atoms with E-state index in [2.05, 4.69) is 4.98 Å². The van der Waals surface area contributed by atoms with Gasteiger partial charge in [0.15, 0.2) is 0 Å². The second-order valence-electron chi connectivity index (χ2n) is 7.76. The van der Waals surface area contributed by atoms with E-state index in [1.165, 1.54) is 16.9 Å². The molecule has 12 heteroatoms. The summed E-state index contributed by atoms with van der Waals surface area (Å²) >= 11 is 0. The lowest BCUT2D eigenvalue weighted by molar-refractivity contribution is -0.144. The largest absolute Gasteiger partial charge is 0.495 e. The Morgan fingerprint density at radius 2 is 1.77 bits per heavy atom. The summed E-state index contributed by atoms with van der Waals surface area (Å²) in [4.78, 5) is 56.7. The first-order valence-corrected chi connectivity index (χ1v) is 11.0. The van der Waals surface area contributed by atoms with E-state index in [4.69, 9.17) is 25.1 Å². The number of nitrogens with zero attached hydrogens (tertiary/aromatic N) is 3. The third-order valence-electron chi connectivity index (χ3n) is 5.58. The Labute approximate surface area is 201 Å². The van der Waals surface area contributed by atoms with Crippen molar-refractivity contribution in [2.24, 2.45) is 5.73 Å². The SMILES string of the molecule is CCOC(=O)N1CCN(C(=O)C(COCC(=O)O)c2nc3ccccc3c(OC)c2C(N)=O)CC1. The molecule has 1 unspecified atom stereocenters. The Balaban J connectivity index is 1.99. The predicted molar refractivity (Wildman–Crippen MR) is 123 cm³/mol. The molecule has 0 radical (unpaired) electrons. The molecule has 1 aliphatic heterocycles. The summed E-state index contributed by atoms with van der Waals surface area (Å²) in [6.45, 7) is 1.89. The van der Waals surface area contributed by atoms with Gasteiger partial charge < -0.3 is 34.9 Å². The van der Waals surface area contributed by atoms with Gasteiger partial charge >= 0.3 is 12.1 Å². The van der Waals surface area contributed by atoms with Gasteiger partial charge in [0.05, 0.1) is 31.5 Å². The van der Waals surface area contributed by atoms with Gasteiger partial charge in [0.25, 0.3) is 5.91 Å². The van der Waals surface area contributed by atoms with Crippen LogP contribution in [0.25, 0.3) is 10.9 Å². The summed E-state index contributed by atoms with van der Waals surface area (Å²) in [5.41, 5.74) is 6.11. The van der Waals surface area contributed by atoms with Crippen molar-refractivity contribution in [3.8, 4) is 5.75 Å². The van der Waals surface area contributed by atoms with Crippen LogP contribution < -0.4 is 10.5 Å². The molecule has 188 valence electrons. The average molecular weight is 488 g/mol. The van der Waals surface area contributed by atoms with Crippen LogP contribution in [0.4, 0.5) is 4.79 Å². The molecule has 0 bridgehead atoms. The van der Waals surface area contributed by atoms with Crippen LogP contribution in [0.5, 0.6) is 5.75 Å². The number of para-hydroxylation sites is 1. The molecule has 2 heterocycles. The van der Waals surface area contributed by atoms with Gasteiger partial charge in [-0.3, -0.25) is 14.6 Å². The number of carbonyl (C=O) groups is 4. The molecule has 0 spiro atoms. The Morgan fingerprint density at radius 1 is 1.11 bits per heavy atom. The Hall–Kier alpha value is -3.93. The highest BCUT2D eigenvalue weighted by Gasteiger charge is 2.35. The maximum atomic E-state index is 13.6. The number of primary amides is 1. The zero-order chi connectivity index (χ0) is 25.5. The summed E-state index contributed by atoms with van der Waals surface area (Å²) in [5.74, 6) is -3.46. The summed E-state index contributed by atoms with van der Waals surface area (Å²) in [5, 5.41) is 9.53. The number of carboxylic acid groups (broad SMARTS) is 1. The molecule has 1 atom stereocenters. The normalized spacial score (nSPS) is 14.5. The molecule has 35 heavy (non-hydrogen) atoms. The van der Waals surface area contributed by atoms with Crippen LogP contribution in [0.1, 0.15) is 28.9 Å². The van der Waals surface area contributed by atoms with Gasteiger partial charge in [0.1, 0.15) is 23.8 Å². The highest BCUT2D eigenvalue weighted by atomic mass is 16.6. The Kier molecular flexibility index (Phi) is 8.42. The van der Waals surface area contributed by atoms with Crippen molar-refractivity contribution in [2.45, 2.75) is 12.8 Å². The van der Waals surface area contributed by atoms with Crippen molar-refractivity contribution >= 4 is 34.8 Å². The van der Waals surface area contributed by atoms with Crippen LogP contribution in [0.3, 0.4) is 0 Å². The van der Waals surface area contributed by atoms with Crippen LogP contribution in [-0.4, -0.2) is 96.9 Å². The molecule has 3 amide bonds. The van der Waals surface area contributed by atoms with Gasteiger partial charge in [-0.15, -0.1) is 0 Å². The first kappa shape index (κ1) is 25.7. The van der Waals surface area contributed by atoms with Crippen LogP contribution in [0.15, 0.2) is 24.3 Å². The maximum Gasteiger partial charge on any atom is 0.409 e. The van der Waals surface area contributed by atoms with Gasteiger partial charge in [0, 0.05) is 31.6 Å². The van der Waals surface area contributed by atoms with E-state index in [0.717, 1.165) is 0 Å². The summed E-state index contributed by atoms with van der Waals surface area (Å²) in [6, 6.07) is 6.90. The van der Waals surface area contributed by atoms with Crippen LogP contribution in [0.2, 0.25) is 0 Å². The molecule has 1 aromatic carbocycles. The zero-order valence-electron chi connectivity index (χ0n) is 19.6. The topological polar surface area (TPSA) is 162 Å². The number of pyridine rings is 1. The van der Waals surface area contributed by atoms with Crippen molar-refractivity contribution < 1.29 is 38.5 Å². The van der Waals surface area contributed by atoms with E-state index in [1.807, 2.05) is 0 Å². The van der Waals surface area contributed by atoms with Gasteiger partial charge in [-0.25, -0.2) is 9.59 Å². The summed E-state index contributed by atoms with van der Waals surface area (Å²) in [7, 11) is 1.38. The average Bonchev–Trinajstić information content (AvgIpc) is 2.85. The van der Waals surface area contributed by atoms with Gasteiger partial charge in [-0.2, -0.15) is 0 Å². The van der Waals surface area contributed by atoms with E-state index in [9.17, 15) is 19.2 Å². The molecule has 0 saturated carbocycles. The molecular formula is C23H28N4O8. The number of methoxy groups -OCH3 is 1. The second-order valence-corrected chi connectivity index (χ2v) is 7.76. The standard InChI is InChI=1S/C23H28N4O8/c1-3-35-23(32)27-10-8-26(9-11-27)22(31)15(12-34-13-17(28)29)19-18(21(24)30)20(33-2)14-6-4-5-7-16(14)25-19/h4-7,15H,3,8-13H2,1-2H3,(H2,24,30)(H,28,29). The highest BCUT2D eigenvalue weighted by Crippen LogP contribution is 2.34. The lowest BCUT2D eigenvalue weighted by Crippen LogP contribution is -2.52. The molecule has 1 aromatic heterocycles. The van der Waals surface area contributed by atoms with E-state index < -0.39 is 36.4 Å². The fourth-order valence-electron chi connectivity index (χ4n) is 3.98. The number of piperazine rings is 1. The maximum absolute atomic E-state index is 13.6.